The fraction of sp³-hybridized carbons (Fsp3) is 0.231. The summed E-state index contributed by atoms with van der Waals surface area (Å²) < 4.78 is 19.2. The van der Waals surface area contributed by atoms with E-state index in [-0.39, 0.29) is 16.8 Å². The zero-order chi connectivity index (χ0) is 26.2. The Labute approximate surface area is 214 Å². The van der Waals surface area contributed by atoms with Crippen molar-refractivity contribution in [3.8, 4) is 17.0 Å². The first-order valence-electron chi connectivity index (χ1n) is 11.0. The van der Waals surface area contributed by atoms with Crippen LogP contribution in [0.15, 0.2) is 61.0 Å². The molecule has 0 unspecified atom stereocenters. The second-order valence-corrected chi connectivity index (χ2v) is 8.87. The van der Waals surface area contributed by atoms with Crippen LogP contribution in [-0.4, -0.2) is 72.9 Å². The van der Waals surface area contributed by atoms with Crippen molar-refractivity contribution in [2.24, 2.45) is 0 Å². The fourth-order valence-corrected chi connectivity index (χ4v) is 3.38. The van der Waals surface area contributed by atoms with E-state index in [2.05, 4.69) is 15.3 Å². The van der Waals surface area contributed by atoms with E-state index >= 15 is 0 Å². The molecule has 3 rings (SSSR count). The maximum absolute atomic E-state index is 13.8. The Morgan fingerprint density at radius 3 is 2.39 bits per heavy atom. The van der Waals surface area contributed by atoms with E-state index in [1.54, 1.807) is 30.4 Å². The van der Waals surface area contributed by atoms with Gasteiger partial charge in [0, 0.05) is 36.5 Å². The molecule has 0 aliphatic rings. The number of likely N-dealkylation sites (N-methyl/N-ethyl adjacent to an activating group) is 2. The van der Waals surface area contributed by atoms with Crippen molar-refractivity contribution in [1.29, 1.82) is 0 Å². The average Bonchev–Trinajstić information content (AvgIpc) is 2.80. The summed E-state index contributed by atoms with van der Waals surface area (Å²) in [6.45, 7) is 1.15. The zero-order valence-electron chi connectivity index (χ0n) is 20.5. The van der Waals surface area contributed by atoms with Gasteiger partial charge < -0.3 is 19.9 Å². The lowest BCUT2D eigenvalue weighted by Gasteiger charge is -2.14. The first kappa shape index (κ1) is 26.9. The van der Waals surface area contributed by atoms with E-state index in [1.165, 1.54) is 30.6 Å². The van der Waals surface area contributed by atoms with Crippen LogP contribution in [0.5, 0.6) is 5.88 Å². The number of hydrogen-bond donors (Lipinski definition) is 1. The topological polar surface area (TPSA) is 87.7 Å². The van der Waals surface area contributed by atoms with Crippen LogP contribution in [0.4, 0.5) is 10.1 Å². The lowest BCUT2D eigenvalue weighted by atomic mass is 10.0. The molecule has 8 nitrogen and oxygen atoms in total. The molecule has 0 bridgehead atoms. The van der Waals surface area contributed by atoms with Gasteiger partial charge in [-0.1, -0.05) is 29.8 Å². The average molecular weight is 512 g/mol. The third-order valence-electron chi connectivity index (χ3n) is 4.89. The number of aromatic nitrogens is 2. The molecule has 1 heterocycles. The summed E-state index contributed by atoms with van der Waals surface area (Å²) in [5, 5.41) is 3.20. The van der Waals surface area contributed by atoms with E-state index in [0.717, 1.165) is 0 Å². The number of rotatable bonds is 9. The maximum atomic E-state index is 13.8. The van der Waals surface area contributed by atoms with Crippen molar-refractivity contribution in [2.45, 2.75) is 0 Å². The molecule has 0 radical (unpaired) electrons. The lowest BCUT2D eigenvalue weighted by Crippen LogP contribution is -2.13. The molecule has 0 aliphatic heterocycles. The summed E-state index contributed by atoms with van der Waals surface area (Å²) in [6, 6.07) is 7.58. The molecule has 0 fully saturated rings. The third-order valence-corrected chi connectivity index (χ3v) is 5.18. The number of fused-ring (bicyclic) bond motifs is 1. The summed E-state index contributed by atoms with van der Waals surface area (Å²) in [4.78, 5) is 37.1. The molecule has 2 aromatic carbocycles. The first-order valence-corrected chi connectivity index (χ1v) is 11.4. The fourth-order valence-electron chi connectivity index (χ4n) is 3.20. The molecule has 36 heavy (non-hydrogen) atoms. The molecule has 188 valence electrons. The van der Waals surface area contributed by atoms with Crippen LogP contribution in [0.2, 0.25) is 5.02 Å². The molecular weight excluding hydrogens is 485 g/mol. The lowest BCUT2D eigenvalue weighted by molar-refractivity contribution is -0.129. The smallest absolute Gasteiger partial charge is 0.337 e. The summed E-state index contributed by atoms with van der Waals surface area (Å²) in [7, 11) is 7.54. The molecule has 0 atom stereocenters. The van der Waals surface area contributed by atoms with Crippen molar-refractivity contribution < 1.29 is 18.7 Å². The van der Waals surface area contributed by atoms with Gasteiger partial charge in [-0.3, -0.25) is 4.79 Å². The summed E-state index contributed by atoms with van der Waals surface area (Å²) in [6.07, 6.45) is 7.41. The van der Waals surface area contributed by atoms with Gasteiger partial charge in [0.1, 0.15) is 12.1 Å². The number of benzene rings is 2. The van der Waals surface area contributed by atoms with Gasteiger partial charge in [-0.05, 0) is 58.0 Å². The molecule has 10 heteroatoms. The molecule has 0 saturated heterocycles. The quantitative estimate of drug-likeness (QED) is 0.341. The number of nitrogens with zero attached hydrogens (tertiary/aromatic N) is 4. The summed E-state index contributed by atoms with van der Waals surface area (Å²) in [5.41, 5.74) is 1.97. The van der Waals surface area contributed by atoms with Crippen LogP contribution in [0, 0.1) is 5.82 Å². The number of halogens is 2. The number of ether oxygens (including phenoxy) is 1. The van der Waals surface area contributed by atoms with Gasteiger partial charge in [-0.25, -0.2) is 19.2 Å². The van der Waals surface area contributed by atoms with Gasteiger partial charge in [-0.15, -0.1) is 0 Å². The molecule has 1 aromatic heterocycles. The largest absolute Gasteiger partial charge is 0.403 e. The van der Waals surface area contributed by atoms with Gasteiger partial charge in [0.25, 0.3) is 0 Å². The Hall–Kier alpha value is -3.66. The van der Waals surface area contributed by atoms with Crippen molar-refractivity contribution in [1.82, 2.24) is 19.8 Å². The predicted octanol–water partition coefficient (Wildman–Crippen LogP) is 4.17. The standard InChI is InChI=1S/C26H27ClFN5O3/c1-32(2)11-5-7-24(34)31-23-15-19-22(14-18(23)17-9-10-21(28)20(27)13-17)29-16-30-26(19)36-25(35)8-6-12-33(3)4/h5-10,13-16H,11-12H2,1-4H3,(H,31,34)/b7-5+,8-6+. The van der Waals surface area contributed by atoms with E-state index in [4.69, 9.17) is 16.3 Å². The second kappa shape index (κ2) is 12.3. The van der Waals surface area contributed by atoms with Gasteiger partial charge in [0.2, 0.25) is 11.8 Å². The van der Waals surface area contributed by atoms with E-state index in [9.17, 15) is 14.0 Å². The summed E-state index contributed by atoms with van der Waals surface area (Å²) >= 11 is 6.01. The second-order valence-electron chi connectivity index (χ2n) is 8.46. The van der Waals surface area contributed by atoms with Gasteiger partial charge in [0.15, 0.2) is 0 Å². The highest BCUT2D eigenvalue weighted by Crippen LogP contribution is 2.36. The van der Waals surface area contributed by atoms with Gasteiger partial charge >= 0.3 is 5.97 Å². The van der Waals surface area contributed by atoms with E-state index in [1.807, 2.05) is 38.0 Å². The number of carbonyl (C=O) groups is 2. The van der Waals surface area contributed by atoms with Crippen molar-refractivity contribution in [3.05, 3.63) is 71.8 Å². The Morgan fingerprint density at radius 2 is 1.72 bits per heavy atom. The monoisotopic (exact) mass is 511 g/mol. The Kier molecular flexibility index (Phi) is 9.24. The van der Waals surface area contributed by atoms with Crippen LogP contribution in [0.3, 0.4) is 0 Å². The number of anilines is 1. The number of amides is 1. The zero-order valence-corrected chi connectivity index (χ0v) is 21.2. The number of carbonyl (C=O) groups excluding carboxylic acids is 2. The highest BCUT2D eigenvalue weighted by Gasteiger charge is 2.16. The normalized spacial score (nSPS) is 11.8. The first-order chi connectivity index (χ1) is 17.1. The van der Waals surface area contributed by atoms with Crippen molar-refractivity contribution >= 4 is 40.1 Å². The molecule has 3 aromatic rings. The number of hydrogen-bond acceptors (Lipinski definition) is 7. The van der Waals surface area contributed by atoms with Crippen LogP contribution in [0.25, 0.3) is 22.0 Å². The minimum absolute atomic E-state index is 0.0434. The number of nitrogens with one attached hydrogen (secondary N) is 1. The highest BCUT2D eigenvalue weighted by atomic mass is 35.5. The highest BCUT2D eigenvalue weighted by molar-refractivity contribution is 6.31. The van der Waals surface area contributed by atoms with E-state index in [0.29, 0.717) is 40.8 Å². The third kappa shape index (κ3) is 7.42. The van der Waals surface area contributed by atoms with Crippen LogP contribution >= 0.6 is 11.6 Å². The van der Waals surface area contributed by atoms with Crippen LogP contribution < -0.4 is 10.1 Å². The molecular formula is C26H27ClFN5O3. The van der Waals surface area contributed by atoms with Crippen LogP contribution in [-0.2, 0) is 9.59 Å². The predicted molar refractivity (Wildman–Crippen MR) is 140 cm³/mol. The molecule has 1 amide bonds. The van der Waals surface area contributed by atoms with Crippen molar-refractivity contribution in [2.75, 3.05) is 46.6 Å². The van der Waals surface area contributed by atoms with E-state index < -0.39 is 11.8 Å². The van der Waals surface area contributed by atoms with Crippen LogP contribution in [0.1, 0.15) is 0 Å². The molecule has 0 spiro atoms. The molecule has 1 N–H and O–H groups in total. The molecule has 0 saturated carbocycles. The van der Waals surface area contributed by atoms with Gasteiger partial charge in [0.05, 0.1) is 15.9 Å². The Bertz CT molecular complexity index is 1320. The maximum Gasteiger partial charge on any atom is 0.337 e. The SMILES string of the molecule is CN(C)C/C=C/C(=O)Nc1cc2c(OC(=O)/C=C/CN(C)C)ncnc2cc1-c1ccc(F)c(Cl)c1. The van der Waals surface area contributed by atoms with Crippen molar-refractivity contribution in [3.63, 3.8) is 0 Å². The summed E-state index contributed by atoms with van der Waals surface area (Å²) in [5.74, 6) is -1.48. The minimum Gasteiger partial charge on any atom is -0.403 e. The van der Waals surface area contributed by atoms with Gasteiger partial charge in [-0.2, -0.15) is 0 Å². The molecule has 0 aliphatic carbocycles. The number of esters is 1. The Balaban J connectivity index is 2.04. The Morgan fingerprint density at radius 1 is 1.03 bits per heavy atom. The minimum atomic E-state index is -0.594.